The first-order valence-electron chi connectivity index (χ1n) is 8.01. The molecule has 0 atom stereocenters. The largest absolute Gasteiger partial charge is 0.493 e. The first-order valence-corrected chi connectivity index (χ1v) is 9.38. The van der Waals surface area contributed by atoms with E-state index in [2.05, 4.69) is 15.0 Å². The molecule has 2 aromatic heterocycles. The topological polar surface area (TPSA) is 60.0 Å². The minimum Gasteiger partial charge on any atom is -0.493 e. The Bertz CT molecular complexity index is 853. The van der Waals surface area contributed by atoms with Crippen LogP contribution in [0.4, 0.5) is 0 Å². The second kappa shape index (κ2) is 8.56. The zero-order chi connectivity index (χ0) is 17.6. The first kappa shape index (κ1) is 18.0. The normalized spacial score (nSPS) is 11.2. The number of halogens is 1. The Balaban J connectivity index is 1.65. The summed E-state index contributed by atoms with van der Waals surface area (Å²) in [5.74, 6) is 1.59. The van der Waals surface area contributed by atoms with Crippen LogP contribution in [0.15, 0.2) is 35.6 Å². The first-order chi connectivity index (χ1) is 12.2. The molecule has 2 heterocycles. The molecule has 0 fully saturated rings. The van der Waals surface area contributed by atoms with E-state index in [0.29, 0.717) is 24.0 Å². The van der Waals surface area contributed by atoms with Gasteiger partial charge in [-0.15, -0.1) is 0 Å². The molecule has 3 rings (SSSR count). The van der Waals surface area contributed by atoms with E-state index in [4.69, 9.17) is 21.1 Å². The number of rotatable bonds is 8. The van der Waals surface area contributed by atoms with E-state index in [1.165, 1.54) is 0 Å². The summed E-state index contributed by atoms with van der Waals surface area (Å²) < 4.78 is 10.9. The second-order valence-corrected chi connectivity index (χ2v) is 6.97. The zero-order valence-electron chi connectivity index (χ0n) is 14.2. The van der Waals surface area contributed by atoms with Gasteiger partial charge in [-0.05, 0) is 31.2 Å². The van der Waals surface area contributed by atoms with Gasteiger partial charge < -0.3 is 14.5 Å². The lowest BCUT2D eigenvalue weighted by Crippen LogP contribution is -2.04. The molecule has 0 saturated carbocycles. The Kier molecular flexibility index (Phi) is 6.18. The van der Waals surface area contributed by atoms with Crippen molar-refractivity contribution in [1.29, 1.82) is 0 Å². The summed E-state index contributed by atoms with van der Waals surface area (Å²) in [7, 11) is 1.69. The van der Waals surface area contributed by atoms with Crippen LogP contribution < -0.4 is 4.74 Å². The third-order valence-corrected chi connectivity index (χ3v) is 4.90. The molecule has 0 spiro atoms. The third-order valence-electron chi connectivity index (χ3n) is 3.78. The molecule has 7 heteroatoms. The van der Waals surface area contributed by atoms with Crippen molar-refractivity contribution in [3.8, 4) is 5.75 Å². The molecule has 0 aliphatic heterocycles. The Morgan fingerprint density at radius 1 is 1.24 bits per heavy atom. The predicted molar refractivity (Wildman–Crippen MR) is 102 cm³/mol. The lowest BCUT2D eigenvalue weighted by molar-refractivity contribution is 0.172. The minimum atomic E-state index is 0.635. The third kappa shape index (κ3) is 4.66. The van der Waals surface area contributed by atoms with Crippen molar-refractivity contribution in [2.75, 3.05) is 20.3 Å². The molecule has 3 aromatic rings. The number of methoxy groups -OCH3 is 1. The quantitative estimate of drug-likeness (QED) is 0.458. The number of fused-ring (bicyclic) bond motifs is 1. The summed E-state index contributed by atoms with van der Waals surface area (Å²) >= 11 is 7.63. The van der Waals surface area contributed by atoms with Crippen LogP contribution in [0, 0.1) is 6.92 Å². The van der Waals surface area contributed by atoms with Gasteiger partial charge >= 0.3 is 0 Å². The van der Waals surface area contributed by atoms with Gasteiger partial charge in [0.1, 0.15) is 5.75 Å². The van der Waals surface area contributed by atoms with Crippen LogP contribution in [0.3, 0.4) is 0 Å². The van der Waals surface area contributed by atoms with Crippen LogP contribution in [0.25, 0.3) is 11.0 Å². The van der Waals surface area contributed by atoms with Gasteiger partial charge in [-0.25, -0.2) is 4.98 Å². The number of imidazole rings is 1. The number of H-pyrrole nitrogens is 1. The Hall–Kier alpha value is -1.76. The highest BCUT2D eigenvalue weighted by atomic mass is 35.5. The fraction of sp³-hybridized carbons (Fsp3) is 0.333. The molecule has 0 amide bonds. The van der Waals surface area contributed by atoms with Crippen molar-refractivity contribution in [2.45, 2.75) is 24.3 Å². The molecule has 0 aliphatic rings. The number of hydrogen-bond acceptors (Lipinski definition) is 5. The van der Waals surface area contributed by atoms with Crippen LogP contribution in [0.5, 0.6) is 5.75 Å². The lowest BCUT2D eigenvalue weighted by atomic mass is 10.2. The number of thioether (sulfide) groups is 1. The van der Waals surface area contributed by atoms with E-state index >= 15 is 0 Å². The Morgan fingerprint density at radius 3 is 2.96 bits per heavy atom. The van der Waals surface area contributed by atoms with Crippen molar-refractivity contribution in [1.82, 2.24) is 15.0 Å². The maximum absolute atomic E-state index is 6.01. The maximum atomic E-state index is 6.01. The van der Waals surface area contributed by atoms with E-state index in [1.807, 2.05) is 31.2 Å². The standard InChI is InChI=1S/C18H20ClN3O2S/c1-12-16(20-7-6-17(12)24-9-3-8-23-2)11-25-18-21-14-5-4-13(19)10-15(14)22-18/h4-7,10H,3,8-9,11H2,1-2H3,(H,21,22). The van der Waals surface area contributed by atoms with Crippen LogP contribution >= 0.6 is 23.4 Å². The fourth-order valence-electron chi connectivity index (χ4n) is 2.41. The van der Waals surface area contributed by atoms with Crippen LogP contribution in [-0.4, -0.2) is 35.3 Å². The summed E-state index contributed by atoms with van der Waals surface area (Å²) in [4.78, 5) is 12.3. The number of hydrogen-bond donors (Lipinski definition) is 1. The number of nitrogens with one attached hydrogen (secondary N) is 1. The Morgan fingerprint density at radius 2 is 2.12 bits per heavy atom. The highest BCUT2D eigenvalue weighted by molar-refractivity contribution is 7.98. The molecule has 132 valence electrons. The molecule has 0 aliphatic carbocycles. The van der Waals surface area contributed by atoms with Crippen molar-refractivity contribution < 1.29 is 9.47 Å². The van der Waals surface area contributed by atoms with Gasteiger partial charge in [0.05, 0.1) is 23.3 Å². The highest BCUT2D eigenvalue weighted by Crippen LogP contribution is 2.27. The smallest absolute Gasteiger partial charge is 0.166 e. The summed E-state index contributed by atoms with van der Waals surface area (Å²) in [6, 6.07) is 7.54. The van der Waals surface area contributed by atoms with Crippen LogP contribution in [0.1, 0.15) is 17.7 Å². The second-order valence-electron chi connectivity index (χ2n) is 5.57. The highest BCUT2D eigenvalue weighted by Gasteiger charge is 2.09. The SMILES string of the molecule is COCCCOc1ccnc(CSc2nc3ccc(Cl)cc3[nH]2)c1C. The van der Waals surface area contributed by atoms with Crippen molar-refractivity contribution in [2.24, 2.45) is 0 Å². The van der Waals surface area contributed by atoms with Crippen molar-refractivity contribution in [3.63, 3.8) is 0 Å². The lowest BCUT2D eigenvalue weighted by Gasteiger charge is -2.11. The van der Waals surface area contributed by atoms with E-state index in [9.17, 15) is 0 Å². The van der Waals surface area contributed by atoms with Gasteiger partial charge in [0, 0.05) is 42.7 Å². The Labute approximate surface area is 156 Å². The minimum absolute atomic E-state index is 0.635. The molecule has 5 nitrogen and oxygen atoms in total. The number of ether oxygens (including phenoxy) is 2. The number of benzene rings is 1. The van der Waals surface area contributed by atoms with Gasteiger partial charge in [0.25, 0.3) is 0 Å². The van der Waals surface area contributed by atoms with Crippen LogP contribution in [-0.2, 0) is 10.5 Å². The van der Waals surface area contributed by atoms with E-state index in [1.54, 1.807) is 25.1 Å². The van der Waals surface area contributed by atoms with Gasteiger partial charge in [-0.1, -0.05) is 23.4 Å². The molecule has 1 N–H and O–H groups in total. The van der Waals surface area contributed by atoms with Crippen LogP contribution in [0.2, 0.25) is 5.02 Å². The van der Waals surface area contributed by atoms with E-state index < -0.39 is 0 Å². The molecular weight excluding hydrogens is 358 g/mol. The van der Waals surface area contributed by atoms with Crippen molar-refractivity contribution in [3.05, 3.63) is 46.7 Å². The van der Waals surface area contributed by atoms with E-state index in [-0.39, 0.29) is 0 Å². The summed E-state index contributed by atoms with van der Waals surface area (Å²) in [5, 5.41) is 1.55. The molecule has 1 aromatic carbocycles. The fourth-order valence-corrected chi connectivity index (χ4v) is 3.49. The maximum Gasteiger partial charge on any atom is 0.166 e. The number of aromatic amines is 1. The van der Waals surface area contributed by atoms with Gasteiger partial charge in [0.2, 0.25) is 0 Å². The molecular formula is C18H20ClN3O2S. The average molecular weight is 378 g/mol. The van der Waals surface area contributed by atoms with Gasteiger partial charge in [-0.3, -0.25) is 4.98 Å². The van der Waals surface area contributed by atoms with E-state index in [0.717, 1.165) is 39.6 Å². The monoisotopic (exact) mass is 377 g/mol. The average Bonchev–Trinajstić information content (AvgIpc) is 3.01. The molecule has 0 saturated heterocycles. The summed E-state index contributed by atoms with van der Waals surface area (Å²) in [5.41, 5.74) is 3.90. The van der Waals surface area contributed by atoms with Gasteiger partial charge in [-0.2, -0.15) is 0 Å². The zero-order valence-corrected chi connectivity index (χ0v) is 15.8. The number of pyridine rings is 1. The molecule has 0 bridgehead atoms. The molecule has 25 heavy (non-hydrogen) atoms. The van der Waals surface area contributed by atoms with Crippen molar-refractivity contribution >= 4 is 34.4 Å². The summed E-state index contributed by atoms with van der Waals surface area (Å²) in [6.45, 7) is 3.37. The number of aromatic nitrogens is 3. The molecule has 0 unspecified atom stereocenters. The number of nitrogens with zero attached hydrogens (tertiary/aromatic N) is 2. The summed E-state index contributed by atoms with van der Waals surface area (Å²) in [6.07, 6.45) is 2.65. The van der Waals surface area contributed by atoms with Gasteiger partial charge in [0.15, 0.2) is 5.16 Å². The molecule has 0 radical (unpaired) electrons. The predicted octanol–water partition coefficient (Wildman–Crippen LogP) is 4.63.